The molecule has 102 valence electrons. The smallest absolute Gasteiger partial charge is 0.418 e. The van der Waals surface area contributed by atoms with Crippen molar-refractivity contribution in [3.63, 3.8) is 0 Å². The van der Waals surface area contributed by atoms with Gasteiger partial charge in [-0.3, -0.25) is 0 Å². The molecule has 2 aromatic rings. The van der Waals surface area contributed by atoms with Gasteiger partial charge in [0.1, 0.15) is 0 Å². The molecule has 2 heterocycles. The fourth-order valence-electron chi connectivity index (χ4n) is 1.72. The minimum Gasteiger partial charge on any atom is -0.478 e. The largest absolute Gasteiger partial charge is 0.478 e. The van der Waals surface area contributed by atoms with Gasteiger partial charge in [-0.05, 0) is 0 Å². The van der Waals surface area contributed by atoms with Crippen LogP contribution in [0.15, 0.2) is 24.9 Å². The summed E-state index contributed by atoms with van der Waals surface area (Å²) in [5.41, 5.74) is -1.24. The molecule has 0 saturated carbocycles. The van der Waals surface area contributed by atoms with Gasteiger partial charge in [-0.2, -0.15) is 13.2 Å². The van der Waals surface area contributed by atoms with Gasteiger partial charge in [0.15, 0.2) is 0 Å². The molecule has 0 radical (unpaired) electrons. The van der Waals surface area contributed by atoms with Crippen molar-refractivity contribution in [2.75, 3.05) is 0 Å². The second-order valence-electron chi connectivity index (χ2n) is 4.06. The van der Waals surface area contributed by atoms with Crippen LogP contribution in [0.2, 0.25) is 0 Å². The number of aromatic nitrogens is 3. The number of alkyl halides is 3. The average Bonchev–Trinajstić information content (AvgIpc) is 2.86. The minimum absolute atomic E-state index is 0.118. The Labute approximate surface area is 105 Å². The number of hydrogen-bond donors (Lipinski definition) is 1. The number of imidazole rings is 1. The summed E-state index contributed by atoms with van der Waals surface area (Å²) in [5, 5.41) is 8.79. The monoisotopic (exact) mass is 273 g/mol. The van der Waals surface area contributed by atoms with E-state index in [0.29, 0.717) is 5.69 Å². The van der Waals surface area contributed by atoms with Crippen LogP contribution in [0.5, 0.6) is 0 Å². The molecule has 0 spiro atoms. The fourth-order valence-corrected chi connectivity index (χ4v) is 1.72. The van der Waals surface area contributed by atoms with Crippen molar-refractivity contribution < 1.29 is 23.1 Å². The fraction of sp³-hybridized carbons (Fsp3) is 0.273. The predicted octanol–water partition coefficient (Wildman–Crippen LogP) is 1.99. The first kappa shape index (κ1) is 13.2. The van der Waals surface area contributed by atoms with E-state index in [9.17, 15) is 18.0 Å². The maximum absolute atomic E-state index is 12.7. The number of carboxylic acid groups (broad SMARTS) is 1. The van der Waals surface area contributed by atoms with Crippen LogP contribution in [-0.2, 0) is 19.8 Å². The summed E-state index contributed by atoms with van der Waals surface area (Å²) in [4.78, 5) is 14.7. The molecule has 0 aliphatic heterocycles. The highest BCUT2D eigenvalue weighted by Gasteiger charge is 2.37. The van der Waals surface area contributed by atoms with E-state index in [1.54, 1.807) is 11.6 Å². The second-order valence-corrected chi connectivity index (χ2v) is 4.06. The molecule has 1 N–H and O–H groups in total. The molecule has 0 amide bonds. The Kier molecular flexibility index (Phi) is 3.09. The molecule has 0 saturated heterocycles. The van der Waals surface area contributed by atoms with E-state index < -0.39 is 23.3 Å². The predicted molar refractivity (Wildman–Crippen MR) is 58.7 cm³/mol. The van der Waals surface area contributed by atoms with Crippen LogP contribution in [-0.4, -0.2) is 25.2 Å². The van der Waals surface area contributed by atoms with Crippen molar-refractivity contribution in [1.29, 1.82) is 0 Å². The van der Waals surface area contributed by atoms with E-state index in [-0.39, 0.29) is 6.54 Å². The summed E-state index contributed by atoms with van der Waals surface area (Å²) in [7, 11) is 1.70. The van der Waals surface area contributed by atoms with Crippen LogP contribution in [0.1, 0.15) is 21.6 Å². The van der Waals surface area contributed by atoms with Crippen LogP contribution >= 0.6 is 0 Å². The molecule has 0 aromatic carbocycles. The van der Waals surface area contributed by atoms with E-state index in [1.165, 1.54) is 17.1 Å². The Balaban J connectivity index is 2.39. The molecule has 5 nitrogen and oxygen atoms in total. The Morgan fingerprint density at radius 3 is 2.53 bits per heavy atom. The highest BCUT2D eigenvalue weighted by Crippen LogP contribution is 2.32. The molecule has 0 atom stereocenters. The molecule has 0 bridgehead atoms. The molecule has 19 heavy (non-hydrogen) atoms. The number of halogens is 3. The zero-order chi connectivity index (χ0) is 14.2. The summed E-state index contributed by atoms with van der Waals surface area (Å²) >= 11 is 0. The third-order valence-electron chi connectivity index (χ3n) is 2.68. The first-order chi connectivity index (χ1) is 8.79. The number of hydrogen-bond acceptors (Lipinski definition) is 2. The van der Waals surface area contributed by atoms with Gasteiger partial charge in [0.25, 0.3) is 0 Å². The standard InChI is InChI=1S/C11H10F3N3O2/c1-16-6-15-2-7(16)3-17-4-8(10(18)19)9(5-17)11(12,13)14/h2,4-6H,3H2,1H3,(H,18,19). The number of aryl methyl sites for hydroxylation is 1. The molecule has 0 aliphatic carbocycles. The van der Waals surface area contributed by atoms with Gasteiger partial charge >= 0.3 is 12.1 Å². The first-order valence-corrected chi connectivity index (χ1v) is 5.24. The van der Waals surface area contributed by atoms with Crippen LogP contribution in [0.25, 0.3) is 0 Å². The Morgan fingerprint density at radius 2 is 2.11 bits per heavy atom. The average molecular weight is 273 g/mol. The van der Waals surface area contributed by atoms with Gasteiger partial charge < -0.3 is 14.2 Å². The van der Waals surface area contributed by atoms with Crippen molar-refractivity contribution in [1.82, 2.24) is 14.1 Å². The highest BCUT2D eigenvalue weighted by molar-refractivity contribution is 5.89. The van der Waals surface area contributed by atoms with Gasteiger partial charge in [0.2, 0.25) is 0 Å². The third kappa shape index (κ3) is 2.61. The summed E-state index contributed by atoms with van der Waals surface area (Å²) in [6.07, 6.45) is 0.0926. The van der Waals surface area contributed by atoms with Crippen molar-refractivity contribution in [2.45, 2.75) is 12.7 Å². The number of nitrogens with zero attached hydrogens (tertiary/aromatic N) is 3. The van der Waals surface area contributed by atoms with E-state index >= 15 is 0 Å². The first-order valence-electron chi connectivity index (χ1n) is 5.24. The van der Waals surface area contributed by atoms with Gasteiger partial charge in [-0.15, -0.1) is 0 Å². The Bertz CT molecular complexity index is 613. The zero-order valence-electron chi connectivity index (χ0n) is 9.85. The number of carboxylic acids is 1. The van der Waals surface area contributed by atoms with Gasteiger partial charge in [-0.1, -0.05) is 0 Å². The Morgan fingerprint density at radius 1 is 1.42 bits per heavy atom. The highest BCUT2D eigenvalue weighted by atomic mass is 19.4. The lowest BCUT2D eigenvalue weighted by Crippen LogP contribution is -2.09. The number of rotatable bonds is 3. The molecule has 0 fully saturated rings. The maximum atomic E-state index is 12.7. The van der Waals surface area contributed by atoms with Gasteiger partial charge in [0.05, 0.1) is 29.7 Å². The van der Waals surface area contributed by atoms with Gasteiger partial charge in [0, 0.05) is 25.6 Å². The quantitative estimate of drug-likeness (QED) is 0.930. The normalized spacial score (nSPS) is 11.8. The summed E-state index contributed by atoms with van der Waals surface area (Å²) in [6.45, 7) is 0.118. The molecule has 2 rings (SSSR count). The van der Waals surface area contributed by atoms with Crippen molar-refractivity contribution in [2.24, 2.45) is 7.05 Å². The van der Waals surface area contributed by atoms with E-state index in [2.05, 4.69) is 4.98 Å². The molecule has 2 aromatic heterocycles. The lowest BCUT2D eigenvalue weighted by molar-refractivity contribution is -0.138. The van der Waals surface area contributed by atoms with Crippen molar-refractivity contribution >= 4 is 5.97 Å². The molecule has 0 unspecified atom stereocenters. The molecule has 8 heteroatoms. The van der Waals surface area contributed by atoms with E-state index in [1.807, 2.05) is 0 Å². The summed E-state index contributed by atoms with van der Waals surface area (Å²) in [5.74, 6) is -1.60. The molecular weight excluding hydrogens is 263 g/mol. The SMILES string of the molecule is Cn1cncc1Cn1cc(C(=O)O)c(C(F)(F)F)c1. The van der Waals surface area contributed by atoms with Crippen molar-refractivity contribution in [3.8, 4) is 0 Å². The summed E-state index contributed by atoms with van der Waals surface area (Å²) in [6, 6.07) is 0. The second kappa shape index (κ2) is 4.45. The van der Waals surface area contributed by atoms with Crippen molar-refractivity contribution in [3.05, 3.63) is 41.7 Å². The van der Waals surface area contributed by atoms with Gasteiger partial charge in [-0.25, -0.2) is 9.78 Å². The topological polar surface area (TPSA) is 60.0 Å². The van der Waals surface area contributed by atoms with Crippen LogP contribution in [0, 0.1) is 0 Å². The van der Waals surface area contributed by atoms with Crippen LogP contribution in [0.4, 0.5) is 13.2 Å². The lowest BCUT2D eigenvalue weighted by atomic mass is 10.2. The molecule has 0 aliphatic rings. The minimum atomic E-state index is -4.69. The lowest BCUT2D eigenvalue weighted by Gasteiger charge is -2.05. The molecular formula is C11H10F3N3O2. The number of carbonyl (C=O) groups is 1. The van der Waals surface area contributed by atoms with Crippen LogP contribution < -0.4 is 0 Å². The van der Waals surface area contributed by atoms with E-state index in [0.717, 1.165) is 12.4 Å². The van der Waals surface area contributed by atoms with Crippen LogP contribution in [0.3, 0.4) is 0 Å². The third-order valence-corrected chi connectivity index (χ3v) is 2.68. The Hall–Kier alpha value is -2.25. The zero-order valence-corrected chi connectivity index (χ0v) is 9.85. The summed E-state index contributed by atoms with van der Waals surface area (Å²) < 4.78 is 40.9. The van der Waals surface area contributed by atoms with E-state index in [4.69, 9.17) is 5.11 Å². The number of aromatic carboxylic acids is 1. The maximum Gasteiger partial charge on any atom is 0.418 e.